The van der Waals surface area contributed by atoms with Gasteiger partial charge in [-0.3, -0.25) is 9.78 Å². The van der Waals surface area contributed by atoms with Crippen LogP contribution in [0, 0.1) is 0 Å². The van der Waals surface area contributed by atoms with E-state index in [4.69, 9.17) is 5.11 Å². The Hall–Kier alpha value is -1.75. The lowest BCUT2D eigenvalue weighted by Crippen LogP contribution is -2.20. The van der Waals surface area contributed by atoms with E-state index in [1.54, 1.807) is 24.5 Å². The highest BCUT2D eigenvalue weighted by molar-refractivity contribution is 5.82. The third kappa shape index (κ3) is 3.44. The van der Waals surface area contributed by atoms with Gasteiger partial charge in [0.2, 0.25) is 0 Å². The van der Waals surface area contributed by atoms with Gasteiger partial charge in [-0.2, -0.15) is 5.10 Å². The van der Waals surface area contributed by atoms with Crippen LogP contribution in [0.25, 0.3) is 0 Å². The number of aliphatic hydroxyl groups is 1. The van der Waals surface area contributed by atoms with Crippen LogP contribution < -0.4 is 5.43 Å². The van der Waals surface area contributed by atoms with Gasteiger partial charge in [-0.15, -0.1) is 0 Å². The van der Waals surface area contributed by atoms with Gasteiger partial charge in [-0.05, 0) is 17.7 Å². The number of pyridine rings is 1. The van der Waals surface area contributed by atoms with Crippen LogP contribution in [0.3, 0.4) is 0 Å². The maximum absolute atomic E-state index is 10.5. The molecule has 13 heavy (non-hydrogen) atoms. The van der Waals surface area contributed by atoms with Crippen LogP contribution >= 0.6 is 0 Å². The Labute approximate surface area is 75.1 Å². The molecule has 1 amide bonds. The number of rotatable bonds is 3. The smallest absolute Gasteiger partial charge is 0.265 e. The zero-order chi connectivity index (χ0) is 9.52. The van der Waals surface area contributed by atoms with Crippen LogP contribution in [0.1, 0.15) is 5.56 Å². The molecule has 0 saturated carbocycles. The minimum Gasteiger partial charge on any atom is -0.386 e. The third-order valence-electron chi connectivity index (χ3n) is 1.25. The lowest BCUT2D eigenvalue weighted by Gasteiger charge is -1.93. The summed E-state index contributed by atoms with van der Waals surface area (Å²) in [7, 11) is 0. The van der Waals surface area contributed by atoms with Gasteiger partial charge in [0.05, 0.1) is 6.21 Å². The van der Waals surface area contributed by atoms with Gasteiger partial charge in [0.1, 0.15) is 6.61 Å². The van der Waals surface area contributed by atoms with Crippen LogP contribution in [-0.4, -0.2) is 28.8 Å². The maximum Gasteiger partial charge on any atom is 0.265 e. The molecule has 0 aliphatic carbocycles. The molecule has 0 saturated heterocycles. The summed E-state index contributed by atoms with van der Waals surface area (Å²) < 4.78 is 0. The summed E-state index contributed by atoms with van der Waals surface area (Å²) in [6, 6.07) is 3.49. The molecule has 0 radical (unpaired) electrons. The third-order valence-corrected chi connectivity index (χ3v) is 1.25. The topological polar surface area (TPSA) is 74.6 Å². The van der Waals surface area contributed by atoms with E-state index in [0.29, 0.717) is 0 Å². The number of aliphatic hydroxyl groups excluding tert-OH is 1. The molecule has 1 aromatic rings. The number of nitrogens with one attached hydrogen (secondary N) is 1. The Kier molecular flexibility index (Phi) is 3.59. The first-order chi connectivity index (χ1) is 6.33. The predicted molar refractivity (Wildman–Crippen MR) is 47.1 cm³/mol. The van der Waals surface area contributed by atoms with Crippen LogP contribution in [0.4, 0.5) is 0 Å². The van der Waals surface area contributed by atoms with Crippen molar-refractivity contribution in [2.24, 2.45) is 5.10 Å². The number of carbonyl (C=O) groups excluding carboxylic acids is 1. The monoisotopic (exact) mass is 179 g/mol. The molecule has 5 heteroatoms. The van der Waals surface area contributed by atoms with E-state index in [1.807, 2.05) is 0 Å². The normalized spacial score (nSPS) is 10.2. The van der Waals surface area contributed by atoms with Crippen molar-refractivity contribution in [3.05, 3.63) is 30.1 Å². The minimum atomic E-state index is -0.562. The van der Waals surface area contributed by atoms with E-state index < -0.39 is 12.5 Å². The van der Waals surface area contributed by atoms with Gasteiger partial charge in [0.25, 0.3) is 5.91 Å². The van der Waals surface area contributed by atoms with Gasteiger partial charge in [0, 0.05) is 12.4 Å². The van der Waals surface area contributed by atoms with Crippen molar-refractivity contribution < 1.29 is 9.90 Å². The molecule has 5 nitrogen and oxygen atoms in total. The second-order valence-corrected chi connectivity index (χ2v) is 2.23. The second-order valence-electron chi connectivity index (χ2n) is 2.23. The number of hydrazone groups is 1. The highest BCUT2D eigenvalue weighted by Gasteiger charge is 1.92. The average molecular weight is 179 g/mol. The molecule has 0 aromatic carbocycles. The molecule has 0 aliphatic heterocycles. The zero-order valence-corrected chi connectivity index (χ0v) is 6.84. The fourth-order valence-electron chi connectivity index (χ4n) is 0.664. The number of amides is 1. The van der Waals surface area contributed by atoms with E-state index in [2.05, 4.69) is 15.5 Å². The van der Waals surface area contributed by atoms with E-state index in [-0.39, 0.29) is 0 Å². The summed E-state index contributed by atoms with van der Waals surface area (Å²) in [4.78, 5) is 14.3. The fourth-order valence-corrected chi connectivity index (χ4v) is 0.664. The number of aromatic nitrogens is 1. The molecule has 0 fully saturated rings. The van der Waals surface area contributed by atoms with Gasteiger partial charge >= 0.3 is 0 Å². The largest absolute Gasteiger partial charge is 0.386 e. The van der Waals surface area contributed by atoms with E-state index in [1.165, 1.54) is 6.21 Å². The van der Waals surface area contributed by atoms with E-state index in [0.717, 1.165) is 5.56 Å². The SMILES string of the molecule is O=C(CO)N/N=C/c1ccncc1. The van der Waals surface area contributed by atoms with Gasteiger partial charge < -0.3 is 5.11 Å². The number of hydrogen-bond acceptors (Lipinski definition) is 4. The van der Waals surface area contributed by atoms with Crippen molar-refractivity contribution in [2.45, 2.75) is 0 Å². The Bertz CT molecular complexity index is 298. The zero-order valence-electron chi connectivity index (χ0n) is 6.84. The van der Waals surface area contributed by atoms with Crippen molar-refractivity contribution >= 4 is 12.1 Å². The highest BCUT2D eigenvalue weighted by Crippen LogP contribution is 1.89. The van der Waals surface area contributed by atoms with Crippen LogP contribution in [0.5, 0.6) is 0 Å². The lowest BCUT2D eigenvalue weighted by molar-refractivity contribution is -0.123. The first kappa shape index (κ1) is 9.34. The molecule has 0 bridgehead atoms. The second kappa shape index (κ2) is 5.00. The van der Waals surface area contributed by atoms with Crippen molar-refractivity contribution in [3.63, 3.8) is 0 Å². The van der Waals surface area contributed by atoms with E-state index >= 15 is 0 Å². The summed E-state index contributed by atoms with van der Waals surface area (Å²) >= 11 is 0. The maximum atomic E-state index is 10.5. The van der Waals surface area contributed by atoms with Crippen molar-refractivity contribution in [1.29, 1.82) is 0 Å². The van der Waals surface area contributed by atoms with Gasteiger partial charge in [-0.25, -0.2) is 5.43 Å². The average Bonchev–Trinajstić information content (AvgIpc) is 2.19. The molecular weight excluding hydrogens is 170 g/mol. The molecule has 0 spiro atoms. The van der Waals surface area contributed by atoms with Crippen LogP contribution in [0.15, 0.2) is 29.6 Å². The van der Waals surface area contributed by atoms with Crippen molar-refractivity contribution in [1.82, 2.24) is 10.4 Å². The molecule has 1 heterocycles. The summed E-state index contributed by atoms with van der Waals surface area (Å²) in [5, 5.41) is 11.9. The number of carbonyl (C=O) groups is 1. The molecule has 1 rings (SSSR count). The molecule has 0 unspecified atom stereocenters. The fraction of sp³-hybridized carbons (Fsp3) is 0.125. The summed E-state index contributed by atoms with van der Waals surface area (Å²) in [6.45, 7) is -0.562. The Morgan fingerprint density at radius 2 is 2.31 bits per heavy atom. The Balaban J connectivity index is 2.45. The molecular formula is C8H9N3O2. The first-order valence-electron chi connectivity index (χ1n) is 3.65. The molecule has 2 N–H and O–H groups in total. The van der Waals surface area contributed by atoms with Gasteiger partial charge in [0.15, 0.2) is 0 Å². The minimum absolute atomic E-state index is 0.537. The summed E-state index contributed by atoms with van der Waals surface area (Å²) in [6.07, 6.45) is 4.71. The lowest BCUT2D eigenvalue weighted by atomic mass is 10.3. The van der Waals surface area contributed by atoms with Crippen molar-refractivity contribution in [2.75, 3.05) is 6.61 Å². The molecule has 0 aliphatic rings. The van der Waals surface area contributed by atoms with Crippen LogP contribution in [0.2, 0.25) is 0 Å². The summed E-state index contributed by atoms with van der Waals surface area (Å²) in [5.41, 5.74) is 2.97. The quantitative estimate of drug-likeness (QED) is 0.486. The predicted octanol–water partition coefficient (Wildman–Crippen LogP) is -0.476. The number of hydrogen-bond donors (Lipinski definition) is 2. The Morgan fingerprint density at radius 1 is 1.62 bits per heavy atom. The molecule has 1 aromatic heterocycles. The Morgan fingerprint density at radius 3 is 2.92 bits per heavy atom. The van der Waals surface area contributed by atoms with Gasteiger partial charge in [-0.1, -0.05) is 0 Å². The number of nitrogens with zero attached hydrogens (tertiary/aromatic N) is 2. The summed E-state index contributed by atoms with van der Waals surface area (Å²) in [5.74, 6) is -0.537. The van der Waals surface area contributed by atoms with Crippen molar-refractivity contribution in [3.8, 4) is 0 Å². The molecule has 0 atom stereocenters. The standard InChI is InChI=1S/C8H9N3O2/c12-6-8(13)11-10-5-7-1-3-9-4-2-7/h1-5,12H,6H2,(H,11,13)/b10-5+. The van der Waals surface area contributed by atoms with E-state index in [9.17, 15) is 4.79 Å². The first-order valence-corrected chi connectivity index (χ1v) is 3.65. The molecule has 68 valence electrons. The highest BCUT2D eigenvalue weighted by atomic mass is 16.3. The van der Waals surface area contributed by atoms with Crippen LogP contribution in [-0.2, 0) is 4.79 Å².